The molecule has 0 aliphatic heterocycles. The number of rotatable bonds is 0. The normalized spacial score (nSPS) is 11.6. The molecule has 7 heavy (non-hydrogen) atoms. The van der Waals surface area contributed by atoms with Gasteiger partial charge < -0.3 is 4.74 Å². The van der Waals surface area contributed by atoms with Crippen molar-refractivity contribution in [1.82, 2.24) is 0 Å². The van der Waals surface area contributed by atoms with Crippen LogP contribution in [0.5, 0.6) is 0 Å². The molecule has 0 spiro atoms. The predicted octanol–water partition coefficient (Wildman–Crippen LogP) is 0.743. The molecule has 0 atom stereocenters. The number of hydrogen-bond acceptors (Lipinski definition) is 1. The Balaban J connectivity index is 0. The molecule has 0 saturated heterocycles. The fourth-order valence-electron chi connectivity index (χ4n) is 0.0913. The molecule has 0 amide bonds. The molecule has 0 heterocycles. The van der Waals surface area contributed by atoms with E-state index in [1.807, 2.05) is 6.26 Å². The van der Waals surface area contributed by atoms with Gasteiger partial charge in [-0.2, -0.15) is 11.4 Å². The molecule has 0 N–H and O–H groups in total. The molecule has 0 bridgehead atoms. The van der Waals surface area contributed by atoms with Crippen molar-refractivity contribution in [2.45, 2.75) is 0 Å². The molecule has 0 unspecified atom stereocenters. The van der Waals surface area contributed by atoms with E-state index in [1.165, 1.54) is 0 Å². The third-order valence-electron chi connectivity index (χ3n) is 0.374. The van der Waals surface area contributed by atoms with Gasteiger partial charge in [0.2, 0.25) is 0 Å². The van der Waals surface area contributed by atoms with Gasteiger partial charge in [0.05, 0.1) is 0 Å². The molecule has 1 nitrogen and oxygen atoms in total. The average molecular weight is 190 g/mol. The van der Waals surface area contributed by atoms with Crippen LogP contribution in [0.15, 0.2) is 0 Å². The standard InChI is InChI=1S/C3H8OS2.Zn/c1-4-3(5)6-2;/h5-6H,1-2H3;. The second-order valence-corrected chi connectivity index (χ2v) is 2.32. The van der Waals surface area contributed by atoms with Crippen molar-refractivity contribution in [3.05, 3.63) is 0 Å². The largest absolute Gasteiger partial charge is 0.338 e. The first-order valence-electron chi connectivity index (χ1n) is 1.51. The van der Waals surface area contributed by atoms with E-state index in [0.717, 1.165) is 15.7 Å². The van der Waals surface area contributed by atoms with Crippen LogP contribution in [-0.2, 0) is 24.2 Å². The van der Waals surface area contributed by atoms with Crippen LogP contribution >= 0.6 is 24.0 Å². The van der Waals surface area contributed by atoms with Gasteiger partial charge in [0.1, 0.15) is 4.38 Å². The van der Waals surface area contributed by atoms with Gasteiger partial charge in [-0.3, -0.25) is 0 Å². The third kappa shape index (κ3) is 7.15. The Morgan fingerprint density at radius 2 is 2.14 bits per heavy atom. The van der Waals surface area contributed by atoms with E-state index >= 15 is 0 Å². The summed E-state index contributed by atoms with van der Waals surface area (Å²) in [6.07, 6.45) is 1.96. The molecule has 0 fully saturated rings. The molecule has 0 aliphatic rings. The van der Waals surface area contributed by atoms with Crippen molar-refractivity contribution in [3.8, 4) is 0 Å². The van der Waals surface area contributed by atoms with Crippen LogP contribution in [0.2, 0.25) is 0 Å². The first kappa shape index (κ1) is 11.0. The second-order valence-electron chi connectivity index (χ2n) is 0.710. The minimum absolute atomic E-state index is 0. The fraction of sp³-hybridized carbons (Fsp3) is 0.667. The van der Waals surface area contributed by atoms with Crippen LogP contribution in [0.25, 0.3) is 0 Å². The Hall–Kier alpha value is 1.15. The van der Waals surface area contributed by atoms with Gasteiger partial charge in [-0.15, -0.1) is 12.6 Å². The van der Waals surface area contributed by atoms with Crippen LogP contribution in [0.4, 0.5) is 0 Å². The van der Waals surface area contributed by atoms with E-state index in [9.17, 15) is 0 Å². The first-order chi connectivity index (χ1) is 2.81. The second kappa shape index (κ2) is 7.15. The summed E-state index contributed by atoms with van der Waals surface area (Å²) in [5.74, 6) is 0. The molecular formula is C3H8OS2Zn. The summed E-state index contributed by atoms with van der Waals surface area (Å²) in [6.45, 7) is 0. The molecule has 0 radical (unpaired) electrons. The zero-order valence-electron chi connectivity index (χ0n) is 4.51. The minimum atomic E-state index is 0. The first-order valence-corrected chi connectivity index (χ1v) is 3.30. The minimum Gasteiger partial charge on any atom is -0.338 e. The van der Waals surface area contributed by atoms with Crippen LogP contribution in [-0.4, -0.2) is 17.7 Å². The summed E-state index contributed by atoms with van der Waals surface area (Å²) in [6, 6.07) is 0. The van der Waals surface area contributed by atoms with Crippen molar-refractivity contribution < 1.29 is 24.2 Å². The van der Waals surface area contributed by atoms with Crippen molar-refractivity contribution in [2.75, 3.05) is 13.4 Å². The number of ether oxygens (including phenoxy) is 1. The molecule has 40 valence electrons. The van der Waals surface area contributed by atoms with Gasteiger partial charge in [-0.05, 0) is 6.26 Å². The van der Waals surface area contributed by atoms with Gasteiger partial charge in [-0.1, -0.05) is 0 Å². The molecule has 4 heteroatoms. The summed E-state index contributed by atoms with van der Waals surface area (Å²) in [5, 5.41) is 0. The van der Waals surface area contributed by atoms with Crippen LogP contribution < -0.4 is 0 Å². The van der Waals surface area contributed by atoms with Gasteiger partial charge in [0, 0.05) is 26.6 Å². The summed E-state index contributed by atoms with van der Waals surface area (Å²) < 4.78 is 5.43. The van der Waals surface area contributed by atoms with Gasteiger partial charge in [-0.25, -0.2) is 0 Å². The van der Waals surface area contributed by atoms with Crippen LogP contribution in [0.1, 0.15) is 0 Å². The van der Waals surface area contributed by atoms with Gasteiger partial charge in [0.15, 0.2) is 0 Å². The van der Waals surface area contributed by atoms with Crippen molar-refractivity contribution in [2.24, 2.45) is 0 Å². The molecule has 0 aromatic heterocycles. The molecule has 0 aliphatic carbocycles. The Morgan fingerprint density at radius 3 is 2.14 bits per heavy atom. The SMILES string of the molecule is COC(S)=[SH]C.[Zn]. The Kier molecular flexibility index (Phi) is 11.3. The molecule has 0 aromatic carbocycles. The van der Waals surface area contributed by atoms with Gasteiger partial charge in [0.25, 0.3) is 0 Å². The van der Waals surface area contributed by atoms with E-state index < -0.39 is 0 Å². The molecule has 0 rings (SSSR count). The van der Waals surface area contributed by atoms with Crippen molar-refractivity contribution >= 4 is 28.4 Å². The number of thiol groups is 2. The predicted molar refractivity (Wildman–Crippen MR) is 35.9 cm³/mol. The monoisotopic (exact) mass is 188 g/mol. The van der Waals surface area contributed by atoms with E-state index in [0.29, 0.717) is 0 Å². The zero-order chi connectivity index (χ0) is 4.99. The van der Waals surface area contributed by atoms with E-state index in [2.05, 4.69) is 17.4 Å². The Bertz CT molecular complexity index is 64.0. The quantitative estimate of drug-likeness (QED) is 0.325. The summed E-state index contributed by atoms with van der Waals surface area (Å²) in [4.78, 5) is 0. The smallest absolute Gasteiger partial charge is 0.127 e. The maximum absolute atomic E-state index is 4.67. The average Bonchev–Trinajstić information content (AvgIpc) is 1.65. The van der Waals surface area contributed by atoms with Crippen LogP contribution in [0, 0.1) is 0 Å². The van der Waals surface area contributed by atoms with E-state index in [4.69, 9.17) is 0 Å². The number of hydrogen-bond donors (Lipinski definition) is 2. The zero-order valence-corrected chi connectivity index (χ0v) is 9.27. The van der Waals surface area contributed by atoms with Crippen LogP contribution in [0.3, 0.4) is 0 Å². The Labute approximate surface area is 65.9 Å². The third-order valence-corrected chi connectivity index (χ3v) is 1.72. The van der Waals surface area contributed by atoms with Gasteiger partial charge >= 0.3 is 0 Å². The van der Waals surface area contributed by atoms with Crippen molar-refractivity contribution in [3.63, 3.8) is 0 Å². The van der Waals surface area contributed by atoms with E-state index in [-0.39, 0.29) is 19.5 Å². The van der Waals surface area contributed by atoms with E-state index in [1.54, 1.807) is 7.11 Å². The fourth-order valence-corrected chi connectivity index (χ4v) is 0.274. The molecule has 0 saturated carbocycles. The Morgan fingerprint density at radius 1 is 1.71 bits per heavy atom. The maximum Gasteiger partial charge on any atom is 0.127 e. The summed E-state index contributed by atoms with van der Waals surface area (Å²) >= 11 is 5.00. The molecular weight excluding hydrogens is 182 g/mol. The number of methoxy groups -OCH3 is 1. The summed E-state index contributed by atoms with van der Waals surface area (Å²) in [5.41, 5.74) is 0. The maximum atomic E-state index is 4.67. The topological polar surface area (TPSA) is 9.23 Å². The summed E-state index contributed by atoms with van der Waals surface area (Å²) in [7, 11) is 1.61. The molecule has 0 aromatic rings. The van der Waals surface area contributed by atoms with Crippen molar-refractivity contribution in [1.29, 1.82) is 0 Å².